The molecule has 0 fully saturated rings. The molecule has 1 atom stereocenters. The number of likely N-dealkylation sites (N-methyl/N-ethyl adjacent to an activating group) is 1. The van der Waals surface area contributed by atoms with Crippen LogP contribution >= 0.6 is 0 Å². The van der Waals surface area contributed by atoms with Crippen LogP contribution < -0.4 is 5.32 Å². The lowest BCUT2D eigenvalue weighted by Crippen LogP contribution is -2.39. The number of carbonyl (C=O) groups is 3. The monoisotopic (exact) mass is 440 g/mol. The average Bonchev–Trinajstić information content (AvgIpc) is 3.09. The van der Waals surface area contributed by atoms with Crippen LogP contribution in [-0.4, -0.2) is 67.4 Å². The molecule has 0 radical (unpaired) electrons. The summed E-state index contributed by atoms with van der Waals surface area (Å²) in [5.74, 6) is -1.51. The van der Waals surface area contributed by atoms with Gasteiger partial charge in [-0.05, 0) is 29.2 Å². The highest BCUT2D eigenvalue weighted by Crippen LogP contribution is 2.44. The number of carboxylic acids is 1. The molecule has 8 nitrogen and oxygen atoms in total. The lowest BCUT2D eigenvalue weighted by atomic mass is 9.98. The zero-order valence-electron chi connectivity index (χ0n) is 18.2. The van der Waals surface area contributed by atoms with E-state index in [-0.39, 0.29) is 31.4 Å². The van der Waals surface area contributed by atoms with Crippen molar-refractivity contribution in [2.45, 2.75) is 25.4 Å². The fourth-order valence-electron chi connectivity index (χ4n) is 3.91. The Kier molecular flexibility index (Phi) is 7.83. The van der Waals surface area contributed by atoms with E-state index in [4.69, 9.17) is 14.6 Å². The zero-order chi connectivity index (χ0) is 23.1. The molecule has 1 aliphatic carbocycles. The third kappa shape index (κ3) is 5.64. The molecule has 1 unspecified atom stereocenters. The van der Waals surface area contributed by atoms with Crippen molar-refractivity contribution in [2.75, 3.05) is 33.4 Å². The molecule has 0 spiro atoms. The summed E-state index contributed by atoms with van der Waals surface area (Å²) < 4.78 is 11.0. The minimum atomic E-state index is -1.09. The Hall–Kier alpha value is -3.39. The number of hydrogen-bond donors (Lipinski definition) is 2. The highest BCUT2D eigenvalue weighted by atomic mass is 16.5. The van der Waals surface area contributed by atoms with Crippen LogP contribution in [0, 0.1) is 0 Å². The van der Waals surface area contributed by atoms with Gasteiger partial charge in [-0.3, -0.25) is 9.59 Å². The number of nitrogens with zero attached hydrogens (tertiary/aromatic N) is 1. The molecular formula is C24H28N2O6. The van der Waals surface area contributed by atoms with Crippen LogP contribution in [0.2, 0.25) is 0 Å². The summed E-state index contributed by atoms with van der Waals surface area (Å²) in [4.78, 5) is 36.4. The third-order valence-corrected chi connectivity index (χ3v) is 5.42. The van der Waals surface area contributed by atoms with E-state index in [2.05, 4.69) is 17.4 Å². The van der Waals surface area contributed by atoms with E-state index < -0.39 is 24.7 Å². The maximum atomic E-state index is 12.3. The van der Waals surface area contributed by atoms with Crippen LogP contribution in [0.3, 0.4) is 0 Å². The molecule has 0 aliphatic heterocycles. The first-order valence-electron chi connectivity index (χ1n) is 10.6. The van der Waals surface area contributed by atoms with Gasteiger partial charge in [0.2, 0.25) is 5.91 Å². The molecule has 0 saturated carbocycles. The predicted octanol–water partition coefficient (Wildman–Crippen LogP) is 2.86. The molecule has 8 heteroatoms. The first-order valence-corrected chi connectivity index (χ1v) is 10.6. The number of alkyl carbamates (subject to hydrolysis) is 1. The number of hydrogen-bond acceptors (Lipinski definition) is 5. The number of fused-ring (bicyclic) bond motifs is 3. The van der Waals surface area contributed by atoms with Crippen LogP contribution in [0.5, 0.6) is 0 Å². The molecule has 0 bridgehead atoms. The predicted molar refractivity (Wildman–Crippen MR) is 118 cm³/mol. The molecular weight excluding hydrogens is 412 g/mol. The fourth-order valence-corrected chi connectivity index (χ4v) is 3.91. The maximum Gasteiger partial charge on any atom is 0.407 e. The van der Waals surface area contributed by atoms with Crippen molar-refractivity contribution in [2.24, 2.45) is 0 Å². The second-order valence-corrected chi connectivity index (χ2v) is 7.63. The molecule has 0 saturated heterocycles. The summed E-state index contributed by atoms with van der Waals surface area (Å²) in [5, 5.41) is 11.5. The van der Waals surface area contributed by atoms with Gasteiger partial charge in [-0.15, -0.1) is 0 Å². The lowest BCUT2D eigenvalue weighted by Gasteiger charge is -2.21. The maximum absolute atomic E-state index is 12.3. The second-order valence-electron chi connectivity index (χ2n) is 7.63. The van der Waals surface area contributed by atoms with E-state index in [1.165, 1.54) is 7.05 Å². The van der Waals surface area contributed by atoms with Crippen LogP contribution in [0.25, 0.3) is 11.1 Å². The normalized spacial score (nSPS) is 13.1. The molecule has 2 N–H and O–H groups in total. The van der Waals surface area contributed by atoms with Gasteiger partial charge in [0.25, 0.3) is 0 Å². The van der Waals surface area contributed by atoms with Crippen LogP contribution in [0.1, 0.15) is 30.4 Å². The first-order chi connectivity index (χ1) is 15.4. The number of nitrogens with one attached hydrogen (secondary N) is 1. The number of ether oxygens (including phenoxy) is 2. The van der Waals surface area contributed by atoms with Gasteiger partial charge in [0, 0.05) is 26.1 Å². The molecule has 170 valence electrons. The van der Waals surface area contributed by atoms with E-state index in [9.17, 15) is 14.4 Å². The van der Waals surface area contributed by atoms with E-state index in [1.54, 1.807) is 6.92 Å². The van der Waals surface area contributed by atoms with Gasteiger partial charge in [0.05, 0.1) is 12.5 Å². The summed E-state index contributed by atoms with van der Waals surface area (Å²) in [6.45, 7) is 2.02. The average molecular weight is 440 g/mol. The van der Waals surface area contributed by atoms with Crippen LogP contribution in [0.4, 0.5) is 4.79 Å². The molecule has 0 heterocycles. The van der Waals surface area contributed by atoms with Gasteiger partial charge in [-0.25, -0.2) is 4.79 Å². The topological polar surface area (TPSA) is 105 Å². The summed E-state index contributed by atoms with van der Waals surface area (Å²) in [6.07, 6.45) is -1.21. The summed E-state index contributed by atoms with van der Waals surface area (Å²) >= 11 is 0. The van der Waals surface area contributed by atoms with Crippen LogP contribution in [-0.2, 0) is 19.1 Å². The van der Waals surface area contributed by atoms with Crippen molar-refractivity contribution in [3.63, 3.8) is 0 Å². The third-order valence-electron chi connectivity index (χ3n) is 5.42. The van der Waals surface area contributed by atoms with Gasteiger partial charge < -0.3 is 24.8 Å². The Bertz CT molecular complexity index is 931. The minimum Gasteiger partial charge on any atom is -0.480 e. The largest absolute Gasteiger partial charge is 0.480 e. The standard InChI is InChI=1S/C24H28N2O6/c1-3-31-16(12-22(27)26(2)14-23(28)29)13-25-24(30)32-15-21-19-10-6-4-8-17(19)18-9-5-7-11-20(18)21/h4-11,16,21H,3,12-15H2,1-2H3,(H,25,30)(H,28,29). The summed E-state index contributed by atoms with van der Waals surface area (Å²) in [5.41, 5.74) is 4.55. The highest BCUT2D eigenvalue weighted by Gasteiger charge is 2.29. The fraction of sp³-hybridized carbons (Fsp3) is 0.375. The molecule has 3 rings (SSSR count). The minimum absolute atomic E-state index is 0.0397. The van der Waals surface area contributed by atoms with E-state index >= 15 is 0 Å². The Balaban J connectivity index is 1.54. The van der Waals surface area contributed by atoms with Crippen molar-refractivity contribution in [1.29, 1.82) is 0 Å². The Labute approximate surface area is 187 Å². The second kappa shape index (κ2) is 10.8. The number of carboxylic acid groups (broad SMARTS) is 1. The molecule has 1 aliphatic rings. The van der Waals surface area contributed by atoms with Gasteiger partial charge in [0.15, 0.2) is 0 Å². The zero-order valence-corrected chi connectivity index (χ0v) is 18.2. The Morgan fingerprint density at radius 3 is 2.22 bits per heavy atom. The van der Waals surface area contributed by atoms with Gasteiger partial charge >= 0.3 is 12.1 Å². The number of rotatable bonds is 10. The van der Waals surface area contributed by atoms with Crippen LogP contribution in [0.15, 0.2) is 48.5 Å². The Morgan fingerprint density at radius 2 is 1.66 bits per heavy atom. The summed E-state index contributed by atoms with van der Waals surface area (Å²) in [6, 6.07) is 16.2. The van der Waals surface area contributed by atoms with Crippen molar-refractivity contribution in [3.05, 3.63) is 59.7 Å². The molecule has 0 aromatic heterocycles. The van der Waals surface area contributed by atoms with Gasteiger partial charge in [-0.1, -0.05) is 48.5 Å². The first kappa shape index (κ1) is 23.3. The highest BCUT2D eigenvalue weighted by molar-refractivity contribution is 5.81. The number of aliphatic carboxylic acids is 1. The van der Waals surface area contributed by atoms with Crippen molar-refractivity contribution < 1.29 is 29.0 Å². The smallest absolute Gasteiger partial charge is 0.407 e. The molecule has 2 amide bonds. The SMILES string of the molecule is CCOC(CNC(=O)OCC1c2ccccc2-c2ccccc21)CC(=O)N(C)CC(=O)O. The molecule has 2 aromatic rings. The number of amides is 2. The van der Waals surface area contributed by atoms with Gasteiger partial charge in [-0.2, -0.15) is 0 Å². The molecule has 2 aromatic carbocycles. The quantitative estimate of drug-likeness (QED) is 0.589. The van der Waals surface area contributed by atoms with E-state index in [0.717, 1.165) is 27.2 Å². The van der Waals surface area contributed by atoms with E-state index in [0.29, 0.717) is 6.61 Å². The lowest BCUT2D eigenvalue weighted by molar-refractivity contribution is -0.144. The summed E-state index contributed by atoms with van der Waals surface area (Å²) in [7, 11) is 1.42. The number of benzene rings is 2. The van der Waals surface area contributed by atoms with Crippen molar-refractivity contribution in [3.8, 4) is 11.1 Å². The molecule has 32 heavy (non-hydrogen) atoms. The Morgan fingerprint density at radius 1 is 1.06 bits per heavy atom. The van der Waals surface area contributed by atoms with Crippen molar-refractivity contribution >= 4 is 18.0 Å². The van der Waals surface area contributed by atoms with Crippen molar-refractivity contribution in [1.82, 2.24) is 10.2 Å². The number of carbonyl (C=O) groups excluding carboxylic acids is 2. The van der Waals surface area contributed by atoms with E-state index in [1.807, 2.05) is 36.4 Å². The van der Waals surface area contributed by atoms with Gasteiger partial charge in [0.1, 0.15) is 13.2 Å².